The number of ether oxygens (including phenoxy) is 1. The summed E-state index contributed by atoms with van der Waals surface area (Å²) >= 11 is 0. The van der Waals surface area contributed by atoms with E-state index >= 15 is 0 Å². The molecule has 0 aromatic heterocycles. The van der Waals surface area contributed by atoms with E-state index in [9.17, 15) is 19.8 Å². The van der Waals surface area contributed by atoms with E-state index in [1.165, 1.54) is 321 Å². The first-order valence-electron chi connectivity index (χ1n) is 36.9. The summed E-state index contributed by atoms with van der Waals surface area (Å²) in [7, 11) is 0. The Hall–Kier alpha value is -2.18. The quantitative estimate of drug-likeness (QED) is 0.0320. The minimum absolute atomic E-state index is 0.0128. The molecule has 0 aliphatic heterocycles. The van der Waals surface area contributed by atoms with Gasteiger partial charge in [0, 0.05) is 12.8 Å². The van der Waals surface area contributed by atoms with E-state index in [1.54, 1.807) is 6.08 Å². The first-order valence-corrected chi connectivity index (χ1v) is 36.9. The third-order valence-electron chi connectivity index (χ3n) is 17.1. The third kappa shape index (κ3) is 67.0. The van der Waals surface area contributed by atoms with Crippen LogP contribution in [0, 0.1) is 0 Å². The maximum atomic E-state index is 12.5. The van der Waals surface area contributed by atoms with E-state index in [0.717, 1.165) is 51.4 Å². The van der Waals surface area contributed by atoms with E-state index in [1.807, 2.05) is 6.08 Å². The number of esters is 1. The van der Waals surface area contributed by atoms with Gasteiger partial charge in [-0.3, -0.25) is 9.59 Å². The average Bonchev–Trinajstić information content (AvgIpc) is 3.48. The van der Waals surface area contributed by atoms with Crippen LogP contribution in [0.15, 0.2) is 48.6 Å². The molecule has 0 aliphatic rings. The lowest BCUT2D eigenvalue weighted by atomic mass is 10.0. The second kappa shape index (κ2) is 71.3. The molecule has 2 unspecified atom stereocenters. The Kier molecular flexibility index (Phi) is 69.4. The first kappa shape index (κ1) is 79.8. The van der Waals surface area contributed by atoms with E-state index in [4.69, 9.17) is 4.74 Å². The zero-order chi connectivity index (χ0) is 59.2. The second-order valence-corrected chi connectivity index (χ2v) is 25.3. The van der Waals surface area contributed by atoms with Gasteiger partial charge in [0.25, 0.3) is 0 Å². The molecule has 0 fully saturated rings. The molecular weight excluding hydrogens is 1010 g/mol. The lowest BCUT2D eigenvalue weighted by molar-refractivity contribution is -0.143. The Morgan fingerprint density at radius 1 is 0.341 bits per heavy atom. The lowest BCUT2D eigenvalue weighted by Crippen LogP contribution is -2.45. The fourth-order valence-corrected chi connectivity index (χ4v) is 11.4. The highest BCUT2D eigenvalue weighted by Crippen LogP contribution is 2.18. The Bertz CT molecular complexity index is 1370. The van der Waals surface area contributed by atoms with Crippen LogP contribution in [0.3, 0.4) is 0 Å². The molecule has 0 heterocycles. The maximum Gasteiger partial charge on any atom is 0.305 e. The van der Waals surface area contributed by atoms with Crippen LogP contribution >= 0.6 is 0 Å². The molecule has 2 atom stereocenters. The van der Waals surface area contributed by atoms with E-state index in [-0.39, 0.29) is 18.5 Å². The minimum atomic E-state index is -0.841. The number of carbonyl (C=O) groups is 2. The van der Waals surface area contributed by atoms with Crippen LogP contribution in [-0.2, 0) is 14.3 Å². The molecule has 0 aromatic carbocycles. The monoisotopic (exact) mass is 1150 g/mol. The van der Waals surface area contributed by atoms with E-state index in [2.05, 4.69) is 55.6 Å². The highest BCUT2D eigenvalue weighted by molar-refractivity contribution is 5.76. The molecule has 0 rings (SSSR count). The number of rotatable bonds is 69. The number of aliphatic hydroxyl groups excluding tert-OH is 2. The van der Waals surface area contributed by atoms with Gasteiger partial charge in [-0.25, -0.2) is 0 Å². The lowest BCUT2D eigenvalue weighted by Gasteiger charge is -2.20. The molecule has 0 saturated heterocycles. The predicted octanol–water partition coefficient (Wildman–Crippen LogP) is 24.0. The Morgan fingerprint density at radius 3 is 0.951 bits per heavy atom. The highest BCUT2D eigenvalue weighted by atomic mass is 16.5. The first-order chi connectivity index (χ1) is 40.5. The molecule has 82 heavy (non-hydrogen) atoms. The van der Waals surface area contributed by atoms with Crippen LogP contribution in [0.5, 0.6) is 0 Å². The van der Waals surface area contributed by atoms with Crippen molar-refractivity contribution in [2.45, 2.75) is 411 Å². The number of hydrogen-bond donors (Lipinski definition) is 3. The molecular formula is C76H143NO5. The molecule has 6 nitrogen and oxygen atoms in total. The minimum Gasteiger partial charge on any atom is -0.466 e. The largest absolute Gasteiger partial charge is 0.466 e. The Morgan fingerprint density at radius 2 is 0.610 bits per heavy atom. The van der Waals surface area contributed by atoms with E-state index < -0.39 is 12.1 Å². The molecule has 0 bridgehead atoms. The van der Waals surface area contributed by atoms with Crippen molar-refractivity contribution in [1.29, 1.82) is 0 Å². The Labute approximate surface area is 512 Å². The Balaban J connectivity index is 3.33. The topological polar surface area (TPSA) is 95.9 Å². The molecule has 3 N–H and O–H groups in total. The van der Waals surface area contributed by atoms with Crippen molar-refractivity contribution < 1.29 is 24.5 Å². The zero-order valence-corrected chi connectivity index (χ0v) is 55.2. The van der Waals surface area contributed by atoms with Crippen LogP contribution in [0.25, 0.3) is 0 Å². The van der Waals surface area contributed by atoms with E-state index in [0.29, 0.717) is 19.4 Å². The van der Waals surface area contributed by atoms with Gasteiger partial charge in [0.1, 0.15) is 0 Å². The predicted molar refractivity (Wildman–Crippen MR) is 361 cm³/mol. The summed E-state index contributed by atoms with van der Waals surface area (Å²) in [5.41, 5.74) is 0. The molecule has 6 heteroatoms. The summed E-state index contributed by atoms with van der Waals surface area (Å²) in [4.78, 5) is 24.6. The average molecular weight is 1150 g/mol. The summed E-state index contributed by atoms with van der Waals surface area (Å²) in [6.45, 7) is 4.90. The number of carbonyl (C=O) groups excluding carboxylic acids is 2. The molecule has 0 spiro atoms. The van der Waals surface area contributed by atoms with Crippen molar-refractivity contribution in [3.05, 3.63) is 48.6 Å². The van der Waals surface area contributed by atoms with Crippen LogP contribution in [0.4, 0.5) is 0 Å². The summed E-state index contributed by atoms with van der Waals surface area (Å²) in [5, 5.41) is 23.1. The van der Waals surface area contributed by atoms with Gasteiger partial charge in [-0.1, -0.05) is 345 Å². The number of amides is 1. The zero-order valence-electron chi connectivity index (χ0n) is 55.2. The van der Waals surface area contributed by atoms with Gasteiger partial charge in [-0.2, -0.15) is 0 Å². The van der Waals surface area contributed by atoms with Crippen molar-refractivity contribution >= 4 is 11.9 Å². The van der Waals surface area contributed by atoms with Crippen molar-refractivity contribution in [2.75, 3.05) is 13.2 Å². The normalized spacial score (nSPS) is 12.8. The SMILES string of the molecule is CCCCCC/C=C\C/C=C\CCCCCCCCCC(=O)OCCCCCCCCCCCCCCCC/C=C\CCCCCCCCCCCCCCCCCCCC(=O)NC(CO)C(O)/C=C/CCCCCCCCCCCC. The van der Waals surface area contributed by atoms with Crippen LogP contribution in [-0.4, -0.2) is 47.4 Å². The van der Waals surface area contributed by atoms with Crippen LogP contribution < -0.4 is 5.32 Å². The fourth-order valence-electron chi connectivity index (χ4n) is 11.4. The molecule has 482 valence electrons. The third-order valence-corrected chi connectivity index (χ3v) is 17.1. The second-order valence-electron chi connectivity index (χ2n) is 25.3. The van der Waals surface area contributed by atoms with Crippen molar-refractivity contribution in [1.82, 2.24) is 5.32 Å². The smallest absolute Gasteiger partial charge is 0.305 e. The maximum absolute atomic E-state index is 12.5. The summed E-state index contributed by atoms with van der Waals surface area (Å²) in [5.74, 6) is -0.0511. The molecule has 0 aliphatic carbocycles. The van der Waals surface area contributed by atoms with Gasteiger partial charge >= 0.3 is 5.97 Å². The van der Waals surface area contributed by atoms with Crippen LogP contribution in [0.2, 0.25) is 0 Å². The number of hydrogen-bond acceptors (Lipinski definition) is 5. The van der Waals surface area contributed by atoms with Crippen molar-refractivity contribution in [2.24, 2.45) is 0 Å². The van der Waals surface area contributed by atoms with Crippen LogP contribution in [0.1, 0.15) is 399 Å². The highest BCUT2D eigenvalue weighted by Gasteiger charge is 2.18. The summed E-state index contributed by atoms with van der Waals surface area (Å²) < 4.78 is 5.51. The summed E-state index contributed by atoms with van der Waals surface area (Å²) in [6, 6.07) is -0.624. The van der Waals surface area contributed by atoms with Gasteiger partial charge in [0.05, 0.1) is 25.4 Å². The number of aliphatic hydroxyl groups is 2. The van der Waals surface area contributed by atoms with Gasteiger partial charge in [-0.05, 0) is 89.9 Å². The standard InChI is InChI=1S/C76H143NO5/c1-3-5-7-9-11-13-15-17-18-19-40-43-46-50-54-58-62-66-70-76(81)82-71-67-63-59-55-51-47-44-41-38-36-34-32-30-28-26-24-22-20-21-23-25-27-29-31-33-35-37-39-42-45-49-53-57-61-65-69-75(80)77-73(72-78)74(79)68-64-60-56-52-48-16-14-12-10-8-6-4-2/h13,15,18-19,22,24,64,68,73-74,78-79H,3-12,14,16-17,20-21,23,25-63,65-67,69-72H2,1-2H3,(H,77,80)/b15-13-,19-18-,24-22-,68-64+. The fraction of sp³-hybridized carbons (Fsp3) is 0.868. The molecule has 0 radical (unpaired) electrons. The molecule has 0 saturated carbocycles. The molecule has 0 aromatic rings. The van der Waals surface area contributed by atoms with Gasteiger partial charge in [0.2, 0.25) is 5.91 Å². The van der Waals surface area contributed by atoms with Crippen molar-refractivity contribution in [3.63, 3.8) is 0 Å². The van der Waals surface area contributed by atoms with Gasteiger partial charge < -0.3 is 20.3 Å². The number of allylic oxidation sites excluding steroid dienone is 7. The van der Waals surface area contributed by atoms with Gasteiger partial charge in [-0.15, -0.1) is 0 Å². The van der Waals surface area contributed by atoms with Gasteiger partial charge in [0.15, 0.2) is 0 Å². The number of nitrogens with one attached hydrogen (secondary N) is 1. The number of unbranched alkanes of at least 4 members (excludes halogenated alkanes) is 52. The van der Waals surface area contributed by atoms with Crippen molar-refractivity contribution in [3.8, 4) is 0 Å². The summed E-state index contributed by atoms with van der Waals surface area (Å²) in [6.07, 6.45) is 93.6. The molecule has 1 amide bonds.